The highest BCUT2D eigenvalue weighted by molar-refractivity contribution is 5.56. The zero-order valence-electron chi connectivity index (χ0n) is 13.6. The van der Waals surface area contributed by atoms with Crippen LogP contribution in [0.4, 0.5) is 5.69 Å². The van der Waals surface area contributed by atoms with Crippen LogP contribution in [-0.4, -0.2) is 20.0 Å². The maximum Gasteiger partial charge on any atom is 0.231 e. The van der Waals surface area contributed by atoms with Crippen LogP contribution >= 0.6 is 0 Å². The molecule has 0 atom stereocenters. The van der Waals surface area contributed by atoms with Crippen LogP contribution in [0.1, 0.15) is 19.4 Å². The van der Waals surface area contributed by atoms with E-state index in [1.807, 2.05) is 50.2 Å². The lowest BCUT2D eigenvalue weighted by molar-refractivity contribution is 0.174. The van der Waals surface area contributed by atoms with Crippen LogP contribution in [0, 0.1) is 0 Å². The fraction of sp³-hybridized carbons (Fsp3) is 0.333. The van der Waals surface area contributed by atoms with Gasteiger partial charge in [0.25, 0.3) is 0 Å². The van der Waals surface area contributed by atoms with Crippen LogP contribution in [0.5, 0.6) is 23.0 Å². The Morgan fingerprint density at radius 2 is 1.87 bits per heavy atom. The number of hydrogen-bond donors (Lipinski definition) is 1. The van der Waals surface area contributed by atoms with Crippen LogP contribution < -0.4 is 24.3 Å². The van der Waals surface area contributed by atoms with Crippen LogP contribution in [0.25, 0.3) is 0 Å². The molecular formula is C18H21NO4. The van der Waals surface area contributed by atoms with Crippen LogP contribution in [0.3, 0.4) is 0 Å². The third-order valence-electron chi connectivity index (χ3n) is 3.46. The summed E-state index contributed by atoms with van der Waals surface area (Å²) in [7, 11) is 1.65. The normalized spacial score (nSPS) is 12.3. The van der Waals surface area contributed by atoms with Crippen molar-refractivity contribution in [3.63, 3.8) is 0 Å². The lowest BCUT2D eigenvalue weighted by Crippen LogP contribution is -2.07. The van der Waals surface area contributed by atoms with E-state index in [0.29, 0.717) is 6.54 Å². The number of ether oxygens (including phenoxy) is 4. The molecule has 2 aromatic rings. The van der Waals surface area contributed by atoms with Crippen molar-refractivity contribution in [1.29, 1.82) is 0 Å². The summed E-state index contributed by atoms with van der Waals surface area (Å²) in [5.74, 6) is 3.05. The molecule has 1 aliphatic heterocycles. The van der Waals surface area contributed by atoms with Gasteiger partial charge in [0.05, 0.1) is 13.2 Å². The summed E-state index contributed by atoms with van der Waals surface area (Å²) in [6, 6.07) is 11.8. The number of rotatable bonds is 6. The van der Waals surface area contributed by atoms with Gasteiger partial charge in [-0.15, -0.1) is 0 Å². The first-order chi connectivity index (χ1) is 11.2. The molecule has 0 unspecified atom stereocenters. The Hall–Kier alpha value is -2.56. The standard InChI is InChI=1S/C18H21NO4/c1-12(2)23-16-6-4-13(8-17(16)20-3)10-19-14-5-7-15-18(9-14)22-11-21-15/h4-9,12,19H,10-11H2,1-3H3. The van der Waals surface area contributed by atoms with Gasteiger partial charge in [-0.05, 0) is 43.7 Å². The maximum atomic E-state index is 5.73. The van der Waals surface area contributed by atoms with Crippen molar-refractivity contribution in [2.24, 2.45) is 0 Å². The lowest BCUT2D eigenvalue weighted by atomic mass is 10.2. The molecule has 1 N–H and O–H groups in total. The summed E-state index contributed by atoms with van der Waals surface area (Å²) in [5.41, 5.74) is 2.09. The van der Waals surface area contributed by atoms with Gasteiger partial charge >= 0.3 is 0 Å². The summed E-state index contributed by atoms with van der Waals surface area (Å²) < 4.78 is 21.8. The molecule has 0 fully saturated rings. The SMILES string of the molecule is COc1cc(CNc2ccc3c(c2)OCO3)ccc1OC(C)C. The molecule has 0 bridgehead atoms. The molecule has 122 valence electrons. The van der Waals surface area contributed by atoms with E-state index in [9.17, 15) is 0 Å². The number of anilines is 1. The molecule has 1 aliphatic rings. The fourth-order valence-electron chi connectivity index (χ4n) is 2.38. The van der Waals surface area contributed by atoms with Gasteiger partial charge in [0, 0.05) is 18.3 Å². The zero-order chi connectivity index (χ0) is 16.2. The van der Waals surface area contributed by atoms with Crippen molar-refractivity contribution >= 4 is 5.69 Å². The van der Waals surface area contributed by atoms with Gasteiger partial charge < -0.3 is 24.3 Å². The Kier molecular flexibility index (Phi) is 4.46. The first-order valence-electron chi connectivity index (χ1n) is 7.63. The zero-order valence-corrected chi connectivity index (χ0v) is 13.6. The van der Waals surface area contributed by atoms with E-state index in [-0.39, 0.29) is 12.9 Å². The van der Waals surface area contributed by atoms with Gasteiger partial charge in [0.1, 0.15) is 0 Å². The molecule has 3 rings (SSSR count). The minimum Gasteiger partial charge on any atom is -0.493 e. The number of fused-ring (bicyclic) bond motifs is 1. The monoisotopic (exact) mass is 315 g/mol. The van der Waals surface area contributed by atoms with Gasteiger partial charge in [-0.3, -0.25) is 0 Å². The second kappa shape index (κ2) is 6.69. The Balaban J connectivity index is 1.68. The van der Waals surface area contributed by atoms with Crippen molar-refractivity contribution in [3.05, 3.63) is 42.0 Å². The third kappa shape index (κ3) is 3.62. The number of hydrogen-bond acceptors (Lipinski definition) is 5. The quantitative estimate of drug-likeness (QED) is 0.878. The minimum atomic E-state index is 0.113. The van der Waals surface area contributed by atoms with E-state index < -0.39 is 0 Å². The fourth-order valence-corrected chi connectivity index (χ4v) is 2.38. The molecule has 0 saturated heterocycles. The van der Waals surface area contributed by atoms with Crippen molar-refractivity contribution in [3.8, 4) is 23.0 Å². The van der Waals surface area contributed by atoms with E-state index in [1.165, 1.54) is 0 Å². The van der Waals surface area contributed by atoms with E-state index in [0.717, 1.165) is 34.2 Å². The third-order valence-corrected chi connectivity index (χ3v) is 3.46. The molecule has 2 aromatic carbocycles. The predicted octanol–water partition coefficient (Wildman–Crippen LogP) is 3.82. The maximum absolute atomic E-state index is 5.73. The highest BCUT2D eigenvalue weighted by Crippen LogP contribution is 2.34. The van der Waals surface area contributed by atoms with Gasteiger partial charge in [-0.1, -0.05) is 6.07 Å². The first kappa shape index (κ1) is 15.3. The predicted molar refractivity (Wildman–Crippen MR) is 88.6 cm³/mol. The number of methoxy groups -OCH3 is 1. The summed E-state index contributed by atoms with van der Waals surface area (Å²) in [4.78, 5) is 0. The van der Waals surface area contributed by atoms with Crippen LogP contribution in [0.15, 0.2) is 36.4 Å². The summed E-state index contributed by atoms with van der Waals surface area (Å²) >= 11 is 0. The van der Waals surface area contributed by atoms with Gasteiger partial charge in [0.15, 0.2) is 23.0 Å². The topological polar surface area (TPSA) is 49.0 Å². The molecule has 0 saturated carbocycles. The minimum absolute atomic E-state index is 0.113. The second-order valence-electron chi connectivity index (χ2n) is 5.57. The number of nitrogens with one attached hydrogen (secondary N) is 1. The Morgan fingerprint density at radius 3 is 2.65 bits per heavy atom. The molecule has 0 radical (unpaired) electrons. The molecule has 5 heteroatoms. The molecule has 0 aromatic heterocycles. The summed E-state index contributed by atoms with van der Waals surface area (Å²) in [6.07, 6.45) is 0.113. The number of benzene rings is 2. The van der Waals surface area contributed by atoms with Crippen LogP contribution in [-0.2, 0) is 6.54 Å². The molecule has 23 heavy (non-hydrogen) atoms. The summed E-state index contributed by atoms with van der Waals surface area (Å²) in [6.45, 7) is 4.95. The highest BCUT2D eigenvalue weighted by Gasteiger charge is 2.13. The highest BCUT2D eigenvalue weighted by atomic mass is 16.7. The average Bonchev–Trinajstić information content (AvgIpc) is 3.01. The molecule has 5 nitrogen and oxygen atoms in total. The van der Waals surface area contributed by atoms with Crippen LogP contribution in [0.2, 0.25) is 0 Å². The molecule has 0 spiro atoms. The van der Waals surface area contributed by atoms with E-state index in [2.05, 4.69) is 5.32 Å². The largest absolute Gasteiger partial charge is 0.493 e. The van der Waals surface area contributed by atoms with Crippen molar-refractivity contribution < 1.29 is 18.9 Å². The van der Waals surface area contributed by atoms with Crippen molar-refractivity contribution in [1.82, 2.24) is 0 Å². The second-order valence-corrected chi connectivity index (χ2v) is 5.57. The average molecular weight is 315 g/mol. The summed E-state index contributed by atoms with van der Waals surface area (Å²) in [5, 5.41) is 3.37. The van der Waals surface area contributed by atoms with Crippen molar-refractivity contribution in [2.45, 2.75) is 26.5 Å². The molecule has 0 amide bonds. The first-order valence-corrected chi connectivity index (χ1v) is 7.63. The van der Waals surface area contributed by atoms with E-state index >= 15 is 0 Å². The van der Waals surface area contributed by atoms with Gasteiger partial charge in [0.2, 0.25) is 6.79 Å². The Bertz CT molecular complexity index is 685. The molecular weight excluding hydrogens is 294 g/mol. The lowest BCUT2D eigenvalue weighted by Gasteiger charge is -2.15. The van der Waals surface area contributed by atoms with E-state index in [1.54, 1.807) is 7.11 Å². The van der Waals surface area contributed by atoms with Gasteiger partial charge in [-0.25, -0.2) is 0 Å². The molecule has 0 aliphatic carbocycles. The van der Waals surface area contributed by atoms with Crippen molar-refractivity contribution in [2.75, 3.05) is 19.2 Å². The smallest absolute Gasteiger partial charge is 0.231 e. The Morgan fingerprint density at radius 1 is 1.04 bits per heavy atom. The van der Waals surface area contributed by atoms with E-state index in [4.69, 9.17) is 18.9 Å². The van der Waals surface area contributed by atoms with Gasteiger partial charge in [-0.2, -0.15) is 0 Å². The molecule has 1 heterocycles. The Labute approximate surface area is 136 Å².